The number of hydrogen-bond acceptors (Lipinski definition) is 5. The van der Waals surface area contributed by atoms with Gasteiger partial charge in [-0.05, 0) is 54.1 Å². The number of anilines is 1. The third-order valence-electron chi connectivity index (χ3n) is 6.26. The number of amides is 2. The van der Waals surface area contributed by atoms with Gasteiger partial charge in [0.2, 0.25) is 0 Å². The zero-order chi connectivity index (χ0) is 26.9. The number of rotatable bonds is 11. The van der Waals surface area contributed by atoms with Gasteiger partial charge in [-0.3, -0.25) is 9.59 Å². The number of benzene rings is 4. The SMILES string of the molecule is CC[C@H](Oc1cccc2ccccc12)C(=O)Nc1ccccc1C(=O)NCCc1ccc(OC)c(OC)c1. The predicted molar refractivity (Wildman–Crippen MR) is 149 cm³/mol. The van der Waals surface area contributed by atoms with E-state index in [-0.39, 0.29) is 11.8 Å². The van der Waals surface area contributed by atoms with Gasteiger partial charge < -0.3 is 24.8 Å². The second kappa shape index (κ2) is 12.6. The molecule has 0 radical (unpaired) electrons. The summed E-state index contributed by atoms with van der Waals surface area (Å²) >= 11 is 0. The number of nitrogens with one attached hydrogen (secondary N) is 2. The summed E-state index contributed by atoms with van der Waals surface area (Å²) in [4.78, 5) is 26.2. The van der Waals surface area contributed by atoms with Crippen LogP contribution in [0.1, 0.15) is 29.3 Å². The zero-order valence-corrected chi connectivity index (χ0v) is 21.8. The van der Waals surface area contributed by atoms with E-state index in [0.29, 0.717) is 47.9 Å². The summed E-state index contributed by atoms with van der Waals surface area (Å²) < 4.78 is 16.8. The highest BCUT2D eigenvalue weighted by Crippen LogP contribution is 2.28. The van der Waals surface area contributed by atoms with Crippen LogP contribution in [-0.4, -0.2) is 38.7 Å². The van der Waals surface area contributed by atoms with Crippen LogP contribution in [0.3, 0.4) is 0 Å². The fraction of sp³-hybridized carbons (Fsp3) is 0.226. The van der Waals surface area contributed by atoms with E-state index in [4.69, 9.17) is 14.2 Å². The summed E-state index contributed by atoms with van der Waals surface area (Å²) in [6.45, 7) is 2.31. The van der Waals surface area contributed by atoms with Gasteiger partial charge in [0.15, 0.2) is 17.6 Å². The van der Waals surface area contributed by atoms with Crippen molar-refractivity contribution in [3.05, 3.63) is 96.1 Å². The molecular formula is C31H32N2O5. The predicted octanol–water partition coefficient (Wildman–Crippen LogP) is 5.63. The topological polar surface area (TPSA) is 85.9 Å². The van der Waals surface area contributed by atoms with Crippen LogP contribution in [0.25, 0.3) is 10.8 Å². The normalized spacial score (nSPS) is 11.4. The van der Waals surface area contributed by atoms with Gasteiger partial charge in [-0.25, -0.2) is 0 Å². The molecule has 0 bridgehead atoms. The Kier molecular flexibility index (Phi) is 8.82. The van der Waals surface area contributed by atoms with E-state index in [1.165, 1.54) is 0 Å². The third kappa shape index (κ3) is 6.24. The first-order valence-corrected chi connectivity index (χ1v) is 12.6. The molecule has 2 N–H and O–H groups in total. The minimum Gasteiger partial charge on any atom is -0.493 e. The van der Waals surface area contributed by atoms with Crippen LogP contribution in [0.2, 0.25) is 0 Å². The van der Waals surface area contributed by atoms with Crippen LogP contribution in [0.4, 0.5) is 5.69 Å². The molecule has 0 aliphatic carbocycles. The number of carbonyl (C=O) groups is 2. The minimum absolute atomic E-state index is 0.274. The molecular weight excluding hydrogens is 480 g/mol. The first kappa shape index (κ1) is 26.5. The van der Waals surface area contributed by atoms with Crippen molar-refractivity contribution in [2.75, 3.05) is 26.1 Å². The molecule has 0 saturated heterocycles. The Morgan fingerprint density at radius 2 is 1.55 bits per heavy atom. The lowest BCUT2D eigenvalue weighted by atomic mass is 10.1. The quantitative estimate of drug-likeness (QED) is 0.272. The van der Waals surface area contributed by atoms with Gasteiger partial charge in [-0.2, -0.15) is 0 Å². The molecule has 0 heterocycles. The molecule has 0 aliphatic rings. The van der Waals surface area contributed by atoms with Crippen molar-refractivity contribution >= 4 is 28.3 Å². The van der Waals surface area contributed by atoms with Crippen molar-refractivity contribution in [2.24, 2.45) is 0 Å². The fourth-order valence-electron chi connectivity index (χ4n) is 4.23. The number of para-hydroxylation sites is 1. The summed E-state index contributed by atoms with van der Waals surface area (Å²) in [6, 6.07) is 26.3. The van der Waals surface area contributed by atoms with E-state index in [1.54, 1.807) is 38.5 Å². The van der Waals surface area contributed by atoms with Crippen LogP contribution in [-0.2, 0) is 11.2 Å². The van der Waals surface area contributed by atoms with E-state index in [2.05, 4.69) is 10.6 Å². The van der Waals surface area contributed by atoms with Gasteiger partial charge >= 0.3 is 0 Å². The molecule has 0 unspecified atom stereocenters. The number of hydrogen-bond donors (Lipinski definition) is 2. The van der Waals surface area contributed by atoms with E-state index in [9.17, 15) is 9.59 Å². The second-order valence-electron chi connectivity index (χ2n) is 8.72. The highest BCUT2D eigenvalue weighted by Gasteiger charge is 2.21. The van der Waals surface area contributed by atoms with Crippen molar-refractivity contribution in [1.82, 2.24) is 5.32 Å². The lowest BCUT2D eigenvalue weighted by molar-refractivity contribution is -0.122. The largest absolute Gasteiger partial charge is 0.493 e. The van der Waals surface area contributed by atoms with Gasteiger partial charge in [0.1, 0.15) is 5.75 Å². The maximum absolute atomic E-state index is 13.2. The summed E-state index contributed by atoms with van der Waals surface area (Å²) in [5, 5.41) is 7.81. The van der Waals surface area contributed by atoms with Crippen LogP contribution < -0.4 is 24.8 Å². The van der Waals surface area contributed by atoms with E-state index in [0.717, 1.165) is 16.3 Å². The van der Waals surface area contributed by atoms with Crippen molar-refractivity contribution in [2.45, 2.75) is 25.9 Å². The molecule has 0 saturated carbocycles. The third-order valence-corrected chi connectivity index (χ3v) is 6.26. The number of methoxy groups -OCH3 is 2. The van der Waals surface area contributed by atoms with Crippen molar-refractivity contribution < 1.29 is 23.8 Å². The summed E-state index contributed by atoms with van der Waals surface area (Å²) in [5.74, 6) is 1.35. The molecule has 0 fully saturated rings. The first-order valence-electron chi connectivity index (χ1n) is 12.6. The summed E-state index contributed by atoms with van der Waals surface area (Å²) in [7, 11) is 3.18. The lowest BCUT2D eigenvalue weighted by Gasteiger charge is -2.19. The Hall–Kier alpha value is -4.52. The van der Waals surface area contributed by atoms with Crippen molar-refractivity contribution in [1.29, 1.82) is 0 Å². The van der Waals surface area contributed by atoms with Gasteiger partial charge in [0.25, 0.3) is 11.8 Å². The molecule has 38 heavy (non-hydrogen) atoms. The molecule has 7 heteroatoms. The number of ether oxygens (including phenoxy) is 3. The summed E-state index contributed by atoms with van der Waals surface area (Å²) in [6.07, 6.45) is 0.355. The van der Waals surface area contributed by atoms with Gasteiger partial charge in [0, 0.05) is 11.9 Å². The van der Waals surface area contributed by atoms with Crippen molar-refractivity contribution in [3.63, 3.8) is 0 Å². The zero-order valence-electron chi connectivity index (χ0n) is 21.8. The second-order valence-corrected chi connectivity index (χ2v) is 8.72. The maximum Gasteiger partial charge on any atom is 0.265 e. The molecule has 0 spiro atoms. The maximum atomic E-state index is 13.2. The van der Waals surface area contributed by atoms with E-state index < -0.39 is 6.10 Å². The molecule has 4 aromatic carbocycles. The van der Waals surface area contributed by atoms with Gasteiger partial charge in [-0.1, -0.05) is 61.5 Å². The molecule has 196 valence electrons. The molecule has 1 atom stereocenters. The van der Waals surface area contributed by atoms with Crippen LogP contribution >= 0.6 is 0 Å². The van der Waals surface area contributed by atoms with Crippen LogP contribution in [0.15, 0.2) is 84.9 Å². The Morgan fingerprint density at radius 3 is 2.34 bits per heavy atom. The Bertz CT molecular complexity index is 1410. The smallest absolute Gasteiger partial charge is 0.265 e. The average molecular weight is 513 g/mol. The lowest BCUT2D eigenvalue weighted by Crippen LogP contribution is -2.33. The average Bonchev–Trinajstić information content (AvgIpc) is 2.96. The molecule has 4 rings (SSSR count). The molecule has 7 nitrogen and oxygen atoms in total. The first-order chi connectivity index (χ1) is 18.5. The highest BCUT2D eigenvalue weighted by molar-refractivity contribution is 6.04. The molecule has 0 aliphatic heterocycles. The van der Waals surface area contributed by atoms with Gasteiger partial charge in [0.05, 0.1) is 25.5 Å². The van der Waals surface area contributed by atoms with E-state index >= 15 is 0 Å². The standard InChI is InChI=1S/C31H32N2O5/c1-4-26(38-27-15-9-11-22-10-5-6-12-23(22)27)31(35)33-25-14-8-7-13-24(25)30(34)32-19-18-21-16-17-28(36-2)29(20-21)37-3/h5-17,20,26H,4,18-19H2,1-3H3,(H,32,34)(H,33,35)/t26-/m0/s1. The van der Waals surface area contributed by atoms with Crippen LogP contribution in [0, 0.1) is 0 Å². The van der Waals surface area contributed by atoms with Crippen molar-refractivity contribution in [3.8, 4) is 17.2 Å². The van der Waals surface area contributed by atoms with Gasteiger partial charge in [-0.15, -0.1) is 0 Å². The monoisotopic (exact) mass is 512 g/mol. The minimum atomic E-state index is -0.720. The highest BCUT2D eigenvalue weighted by atomic mass is 16.5. The summed E-state index contributed by atoms with van der Waals surface area (Å²) in [5.41, 5.74) is 1.81. The molecule has 0 aromatic heterocycles. The van der Waals surface area contributed by atoms with Crippen LogP contribution in [0.5, 0.6) is 17.2 Å². The molecule has 2 amide bonds. The Morgan fingerprint density at radius 1 is 0.816 bits per heavy atom. The molecule has 4 aromatic rings. The Balaban J connectivity index is 1.41. The number of fused-ring (bicyclic) bond motifs is 1. The number of carbonyl (C=O) groups excluding carboxylic acids is 2. The van der Waals surface area contributed by atoms with E-state index in [1.807, 2.05) is 67.6 Å². The Labute approximate surface area is 222 Å². The fourth-order valence-corrected chi connectivity index (χ4v) is 4.23.